The zero-order valence-corrected chi connectivity index (χ0v) is 14.2. The molecule has 1 aliphatic rings. The van der Waals surface area contributed by atoms with Gasteiger partial charge in [-0.1, -0.05) is 20.3 Å². The molecule has 3 N–H and O–H groups in total. The summed E-state index contributed by atoms with van der Waals surface area (Å²) in [6.45, 7) is 8.01. The number of nitrogens with one attached hydrogen (secondary N) is 1. The van der Waals surface area contributed by atoms with E-state index >= 15 is 0 Å². The van der Waals surface area contributed by atoms with Crippen LogP contribution in [0.15, 0.2) is 0 Å². The Bertz CT molecular complexity index is 511. The number of thiophene rings is 1. The molecule has 0 radical (unpaired) electrons. The second-order valence-electron chi connectivity index (χ2n) is 5.98. The van der Waals surface area contributed by atoms with Crippen LogP contribution in [0.4, 0.5) is 10.7 Å². The van der Waals surface area contributed by atoms with Crippen LogP contribution < -0.4 is 15.8 Å². The largest absolute Gasteiger partial charge is 0.486 e. The average Bonchev–Trinajstić information content (AvgIpc) is 3.10. The summed E-state index contributed by atoms with van der Waals surface area (Å²) in [5.41, 5.74) is 6.64. The van der Waals surface area contributed by atoms with Crippen LogP contribution in [0, 0.1) is 5.92 Å². The average molecular weight is 310 g/mol. The highest BCUT2D eigenvalue weighted by molar-refractivity contribution is 7.19. The van der Waals surface area contributed by atoms with Crippen LogP contribution >= 0.6 is 11.3 Å². The predicted octanol–water partition coefficient (Wildman–Crippen LogP) is 4.31. The van der Waals surface area contributed by atoms with Gasteiger partial charge in [-0.3, -0.25) is 4.79 Å². The first-order chi connectivity index (χ1) is 9.97. The van der Waals surface area contributed by atoms with Crippen LogP contribution in [0.1, 0.15) is 63.0 Å². The van der Waals surface area contributed by atoms with E-state index in [1.807, 2.05) is 20.8 Å². The molecule has 0 saturated heterocycles. The lowest BCUT2D eigenvalue weighted by Gasteiger charge is -2.12. The molecule has 5 heteroatoms. The van der Waals surface area contributed by atoms with Crippen LogP contribution in [0.5, 0.6) is 5.75 Å². The Balaban J connectivity index is 2.20. The molecule has 2 atom stereocenters. The van der Waals surface area contributed by atoms with Gasteiger partial charge in [0.1, 0.15) is 5.00 Å². The molecule has 1 saturated carbocycles. The number of ketones is 1. The second-order valence-corrected chi connectivity index (χ2v) is 7.00. The molecule has 1 fully saturated rings. The maximum absolute atomic E-state index is 12.0. The molecule has 1 aliphatic carbocycles. The fraction of sp³-hybridized carbons (Fsp3) is 0.688. The summed E-state index contributed by atoms with van der Waals surface area (Å²) in [4.78, 5) is 12.6. The van der Waals surface area contributed by atoms with E-state index in [0.29, 0.717) is 28.8 Å². The molecule has 21 heavy (non-hydrogen) atoms. The molecule has 1 aromatic rings. The Morgan fingerprint density at radius 3 is 2.76 bits per heavy atom. The number of nitrogens with two attached hydrogens (primary N) is 1. The topological polar surface area (TPSA) is 64.4 Å². The standard InChI is InChI=1S/C16H26N2O2S/c1-5-7-10-8-11(10)18-16-14(20-9(3)4)13(17)15(21-16)12(19)6-2/h9-11,18H,5-8,17H2,1-4H3. The van der Waals surface area contributed by atoms with Gasteiger partial charge >= 0.3 is 0 Å². The molecule has 0 aromatic carbocycles. The van der Waals surface area contributed by atoms with Crippen molar-refractivity contribution in [2.45, 2.75) is 65.5 Å². The Kier molecular flexibility index (Phi) is 5.14. The van der Waals surface area contributed by atoms with Crippen molar-refractivity contribution < 1.29 is 9.53 Å². The minimum atomic E-state index is 0.0395. The normalized spacial score (nSPS) is 20.6. The minimum Gasteiger partial charge on any atom is -0.486 e. The van der Waals surface area contributed by atoms with Gasteiger partial charge in [0.05, 0.1) is 16.7 Å². The minimum absolute atomic E-state index is 0.0395. The fourth-order valence-corrected chi connectivity index (χ4v) is 3.65. The third kappa shape index (κ3) is 3.70. The van der Waals surface area contributed by atoms with E-state index in [-0.39, 0.29) is 11.9 Å². The van der Waals surface area contributed by atoms with E-state index in [1.54, 1.807) is 0 Å². The monoisotopic (exact) mass is 310 g/mol. The predicted molar refractivity (Wildman–Crippen MR) is 89.5 cm³/mol. The van der Waals surface area contributed by atoms with Gasteiger partial charge in [0.25, 0.3) is 0 Å². The zero-order valence-electron chi connectivity index (χ0n) is 13.4. The molecule has 1 aromatic heterocycles. The molecule has 0 amide bonds. The van der Waals surface area contributed by atoms with Gasteiger partial charge in [-0.25, -0.2) is 0 Å². The van der Waals surface area contributed by atoms with E-state index in [9.17, 15) is 4.79 Å². The van der Waals surface area contributed by atoms with E-state index in [0.717, 1.165) is 10.9 Å². The maximum Gasteiger partial charge on any atom is 0.177 e. The number of anilines is 2. The highest BCUT2D eigenvalue weighted by Gasteiger charge is 2.37. The highest BCUT2D eigenvalue weighted by Crippen LogP contribution is 2.47. The summed E-state index contributed by atoms with van der Waals surface area (Å²) >= 11 is 1.44. The first-order valence-electron chi connectivity index (χ1n) is 7.86. The third-order valence-corrected chi connectivity index (χ3v) is 4.89. The van der Waals surface area contributed by atoms with Crippen LogP contribution in [0.2, 0.25) is 0 Å². The summed E-state index contributed by atoms with van der Waals surface area (Å²) in [5.74, 6) is 1.49. The number of hydrogen-bond donors (Lipinski definition) is 2. The molecule has 2 rings (SSSR count). The van der Waals surface area contributed by atoms with Crippen molar-refractivity contribution >= 4 is 27.8 Å². The number of ether oxygens (including phenoxy) is 1. The molecule has 2 unspecified atom stereocenters. The molecule has 118 valence electrons. The lowest BCUT2D eigenvalue weighted by molar-refractivity contribution is 0.0992. The second kappa shape index (κ2) is 6.69. The van der Waals surface area contributed by atoms with Crippen molar-refractivity contribution in [1.29, 1.82) is 0 Å². The molecular formula is C16H26N2O2S. The molecular weight excluding hydrogens is 284 g/mol. The van der Waals surface area contributed by atoms with E-state index in [4.69, 9.17) is 10.5 Å². The number of nitrogen functional groups attached to an aromatic ring is 1. The van der Waals surface area contributed by atoms with Crippen molar-refractivity contribution in [2.24, 2.45) is 5.92 Å². The first-order valence-corrected chi connectivity index (χ1v) is 8.68. The quantitative estimate of drug-likeness (QED) is 0.702. The molecule has 4 nitrogen and oxygen atoms in total. The van der Waals surface area contributed by atoms with Crippen molar-refractivity contribution in [3.8, 4) is 5.75 Å². The smallest absolute Gasteiger partial charge is 0.177 e. The molecule has 0 bridgehead atoms. The van der Waals surface area contributed by atoms with Crippen LogP contribution in [0.3, 0.4) is 0 Å². The fourth-order valence-electron chi connectivity index (χ4n) is 2.53. The number of rotatable bonds is 8. The number of Topliss-reactive ketones (excluding diaryl/α,β-unsaturated/α-hetero) is 1. The van der Waals surface area contributed by atoms with Gasteiger partial charge in [0, 0.05) is 12.5 Å². The van der Waals surface area contributed by atoms with Gasteiger partial charge in [0.15, 0.2) is 11.5 Å². The van der Waals surface area contributed by atoms with Gasteiger partial charge in [-0.15, -0.1) is 11.3 Å². The summed E-state index contributed by atoms with van der Waals surface area (Å²) < 4.78 is 5.85. The SMILES string of the molecule is CCCC1CC1Nc1sc(C(=O)CC)c(N)c1OC(C)C. The van der Waals surface area contributed by atoms with Gasteiger partial charge in [0.2, 0.25) is 0 Å². The van der Waals surface area contributed by atoms with E-state index in [2.05, 4.69) is 12.2 Å². The Morgan fingerprint density at radius 2 is 2.19 bits per heavy atom. The van der Waals surface area contributed by atoms with Crippen molar-refractivity contribution in [2.75, 3.05) is 11.1 Å². The van der Waals surface area contributed by atoms with Crippen LogP contribution in [0.25, 0.3) is 0 Å². The van der Waals surface area contributed by atoms with Gasteiger partial charge in [-0.2, -0.15) is 0 Å². The Morgan fingerprint density at radius 1 is 1.48 bits per heavy atom. The maximum atomic E-state index is 12.0. The highest BCUT2D eigenvalue weighted by atomic mass is 32.1. The van der Waals surface area contributed by atoms with E-state index in [1.165, 1.54) is 30.6 Å². The summed E-state index contributed by atoms with van der Waals surface area (Å²) in [6.07, 6.45) is 4.17. The summed E-state index contributed by atoms with van der Waals surface area (Å²) in [5, 5.41) is 4.44. The van der Waals surface area contributed by atoms with Crippen LogP contribution in [-0.2, 0) is 0 Å². The molecule has 1 heterocycles. The third-order valence-electron chi connectivity index (χ3n) is 3.73. The number of hydrogen-bond acceptors (Lipinski definition) is 5. The van der Waals surface area contributed by atoms with Crippen LogP contribution in [-0.4, -0.2) is 17.9 Å². The summed E-state index contributed by atoms with van der Waals surface area (Å²) in [6, 6.07) is 0.502. The summed E-state index contributed by atoms with van der Waals surface area (Å²) in [7, 11) is 0. The zero-order chi connectivity index (χ0) is 15.6. The lowest BCUT2D eigenvalue weighted by atomic mass is 10.2. The molecule has 0 aliphatic heterocycles. The van der Waals surface area contributed by atoms with Crippen molar-refractivity contribution in [1.82, 2.24) is 0 Å². The van der Waals surface area contributed by atoms with Crippen molar-refractivity contribution in [3.05, 3.63) is 4.88 Å². The van der Waals surface area contributed by atoms with Gasteiger partial charge < -0.3 is 15.8 Å². The Hall–Kier alpha value is -1.23. The van der Waals surface area contributed by atoms with E-state index < -0.39 is 0 Å². The lowest BCUT2D eigenvalue weighted by Crippen LogP contribution is -2.10. The first kappa shape index (κ1) is 16.1. The Labute approximate surface area is 131 Å². The molecule has 0 spiro atoms. The van der Waals surface area contributed by atoms with Gasteiger partial charge in [-0.05, 0) is 32.6 Å². The number of carbonyl (C=O) groups is 1. The van der Waals surface area contributed by atoms with Crippen molar-refractivity contribution in [3.63, 3.8) is 0 Å². The number of carbonyl (C=O) groups excluding carboxylic acids is 1.